The first kappa shape index (κ1) is 15.3. The van der Waals surface area contributed by atoms with Crippen LogP contribution in [0.1, 0.15) is 9.67 Å². The molecule has 0 aliphatic rings. The standard InChI is InChI=1S/C13H7BrN4O4S/c14-8-3-1-7(2-4-8)12-16-17-13(22-12)15-11(19)9-5-6-10(23-9)18(20)21/h1-6H,(H,15,17,19). The number of carbonyl (C=O) groups is 1. The summed E-state index contributed by atoms with van der Waals surface area (Å²) in [6.45, 7) is 0. The first-order valence-corrected chi connectivity index (χ1v) is 7.79. The van der Waals surface area contributed by atoms with Crippen LogP contribution >= 0.6 is 27.3 Å². The zero-order chi connectivity index (χ0) is 16.4. The summed E-state index contributed by atoms with van der Waals surface area (Å²) in [7, 11) is 0. The van der Waals surface area contributed by atoms with Crippen LogP contribution < -0.4 is 5.32 Å². The number of hydrogen-bond donors (Lipinski definition) is 1. The summed E-state index contributed by atoms with van der Waals surface area (Å²) < 4.78 is 6.27. The number of aromatic nitrogens is 2. The number of halogens is 1. The minimum atomic E-state index is -0.556. The molecule has 1 amide bonds. The van der Waals surface area contributed by atoms with E-state index < -0.39 is 10.8 Å². The third kappa shape index (κ3) is 3.43. The van der Waals surface area contributed by atoms with Crippen LogP contribution in [0.25, 0.3) is 11.5 Å². The molecule has 1 aromatic carbocycles. The van der Waals surface area contributed by atoms with Crippen LogP contribution in [0.3, 0.4) is 0 Å². The van der Waals surface area contributed by atoms with Gasteiger partial charge in [0.25, 0.3) is 5.91 Å². The van der Waals surface area contributed by atoms with E-state index in [4.69, 9.17) is 4.42 Å². The predicted molar refractivity (Wildman–Crippen MR) is 86.4 cm³/mol. The molecule has 23 heavy (non-hydrogen) atoms. The number of thiophene rings is 1. The number of benzene rings is 1. The molecule has 8 nitrogen and oxygen atoms in total. The minimum Gasteiger partial charge on any atom is -0.403 e. The maximum atomic E-state index is 12.0. The van der Waals surface area contributed by atoms with Crippen molar-refractivity contribution in [2.24, 2.45) is 0 Å². The third-order valence-corrected chi connectivity index (χ3v) is 4.30. The molecule has 116 valence electrons. The van der Waals surface area contributed by atoms with Gasteiger partial charge in [-0.1, -0.05) is 32.4 Å². The molecule has 0 unspecified atom stereocenters. The van der Waals surface area contributed by atoms with Crippen molar-refractivity contribution in [2.75, 3.05) is 5.32 Å². The van der Waals surface area contributed by atoms with E-state index in [0.717, 1.165) is 15.8 Å². The summed E-state index contributed by atoms with van der Waals surface area (Å²) >= 11 is 4.09. The molecule has 0 bridgehead atoms. The zero-order valence-electron chi connectivity index (χ0n) is 11.2. The number of carbonyl (C=O) groups excluding carboxylic acids is 1. The first-order valence-electron chi connectivity index (χ1n) is 6.18. The molecule has 0 radical (unpaired) electrons. The largest absolute Gasteiger partial charge is 0.403 e. The smallest absolute Gasteiger partial charge is 0.324 e. The van der Waals surface area contributed by atoms with Gasteiger partial charge in [-0.15, -0.1) is 5.10 Å². The van der Waals surface area contributed by atoms with Crippen molar-refractivity contribution >= 4 is 44.2 Å². The van der Waals surface area contributed by atoms with Gasteiger partial charge in [-0.25, -0.2) is 0 Å². The second-order valence-electron chi connectivity index (χ2n) is 4.27. The highest BCUT2D eigenvalue weighted by molar-refractivity contribution is 9.10. The number of anilines is 1. The summed E-state index contributed by atoms with van der Waals surface area (Å²) in [6.07, 6.45) is 0. The molecular formula is C13H7BrN4O4S. The molecule has 2 aromatic heterocycles. The lowest BCUT2D eigenvalue weighted by atomic mass is 10.2. The second-order valence-corrected chi connectivity index (χ2v) is 6.25. The minimum absolute atomic E-state index is 0.0797. The summed E-state index contributed by atoms with van der Waals surface area (Å²) in [4.78, 5) is 22.2. The van der Waals surface area contributed by atoms with E-state index in [1.54, 1.807) is 12.1 Å². The van der Waals surface area contributed by atoms with Gasteiger partial charge < -0.3 is 4.42 Å². The Morgan fingerprint density at radius 1 is 1.22 bits per heavy atom. The van der Waals surface area contributed by atoms with Crippen LogP contribution in [0.2, 0.25) is 0 Å². The molecule has 3 aromatic rings. The van der Waals surface area contributed by atoms with Gasteiger partial charge in [0.2, 0.25) is 5.89 Å². The molecule has 0 spiro atoms. The fourth-order valence-corrected chi connectivity index (χ4v) is 2.67. The van der Waals surface area contributed by atoms with E-state index in [9.17, 15) is 14.9 Å². The van der Waals surface area contributed by atoms with E-state index in [1.807, 2.05) is 12.1 Å². The van der Waals surface area contributed by atoms with Crippen LogP contribution in [0.5, 0.6) is 0 Å². The monoisotopic (exact) mass is 394 g/mol. The Balaban J connectivity index is 1.74. The van der Waals surface area contributed by atoms with Crippen molar-refractivity contribution in [2.45, 2.75) is 0 Å². The lowest BCUT2D eigenvalue weighted by molar-refractivity contribution is -0.380. The van der Waals surface area contributed by atoms with Crippen LogP contribution in [-0.2, 0) is 0 Å². The highest BCUT2D eigenvalue weighted by Gasteiger charge is 2.17. The number of nitrogens with one attached hydrogen (secondary N) is 1. The molecule has 0 aliphatic heterocycles. The Kier molecular flexibility index (Phi) is 4.17. The first-order chi connectivity index (χ1) is 11.0. The summed E-state index contributed by atoms with van der Waals surface area (Å²) in [5.74, 6) is -0.293. The van der Waals surface area contributed by atoms with Crippen molar-refractivity contribution < 1.29 is 14.1 Å². The average Bonchev–Trinajstić information content (AvgIpc) is 3.17. The molecule has 0 fully saturated rings. The van der Waals surface area contributed by atoms with Crippen molar-refractivity contribution in [3.8, 4) is 11.5 Å². The molecular weight excluding hydrogens is 388 g/mol. The average molecular weight is 395 g/mol. The molecule has 3 rings (SSSR count). The number of nitro groups is 1. The molecule has 0 atom stereocenters. The molecule has 0 saturated heterocycles. The maximum Gasteiger partial charge on any atom is 0.324 e. The van der Waals surface area contributed by atoms with Gasteiger partial charge in [-0.2, -0.15) is 0 Å². The molecule has 0 saturated carbocycles. The van der Waals surface area contributed by atoms with Crippen LogP contribution in [0, 0.1) is 10.1 Å². The van der Waals surface area contributed by atoms with Gasteiger partial charge >= 0.3 is 11.0 Å². The van der Waals surface area contributed by atoms with Gasteiger partial charge in [0.05, 0.1) is 9.80 Å². The van der Waals surface area contributed by atoms with Crippen molar-refractivity contribution in [3.05, 3.63) is 55.9 Å². The summed E-state index contributed by atoms with van der Waals surface area (Å²) in [5.41, 5.74) is 0.702. The van der Waals surface area contributed by atoms with Gasteiger partial charge in [0.15, 0.2) is 0 Å². The molecule has 2 heterocycles. The lowest BCUT2D eigenvalue weighted by Gasteiger charge is -1.96. The Morgan fingerprint density at radius 3 is 2.61 bits per heavy atom. The molecule has 10 heteroatoms. The zero-order valence-corrected chi connectivity index (χ0v) is 13.6. The fraction of sp³-hybridized carbons (Fsp3) is 0. The lowest BCUT2D eigenvalue weighted by Crippen LogP contribution is -2.10. The summed E-state index contributed by atoms with van der Waals surface area (Å²) in [5, 5.41) is 20.5. The van der Waals surface area contributed by atoms with E-state index in [-0.39, 0.29) is 21.8 Å². The van der Waals surface area contributed by atoms with Crippen LogP contribution in [-0.4, -0.2) is 21.0 Å². The number of amides is 1. The number of rotatable bonds is 4. The third-order valence-electron chi connectivity index (χ3n) is 2.73. The van der Waals surface area contributed by atoms with Gasteiger partial charge in [0, 0.05) is 16.1 Å². The van der Waals surface area contributed by atoms with E-state index in [1.165, 1.54) is 12.1 Å². The van der Waals surface area contributed by atoms with E-state index >= 15 is 0 Å². The highest BCUT2D eigenvalue weighted by Crippen LogP contribution is 2.25. The van der Waals surface area contributed by atoms with E-state index in [2.05, 4.69) is 31.4 Å². The SMILES string of the molecule is O=C(Nc1nnc(-c2ccc(Br)cc2)o1)c1ccc([N+](=O)[O-])s1. The second kappa shape index (κ2) is 6.26. The van der Waals surface area contributed by atoms with Crippen molar-refractivity contribution in [3.63, 3.8) is 0 Å². The molecule has 1 N–H and O–H groups in total. The number of nitrogens with zero attached hydrogens (tertiary/aromatic N) is 3. The predicted octanol–water partition coefficient (Wildman–Crippen LogP) is 3.72. The normalized spacial score (nSPS) is 10.5. The highest BCUT2D eigenvalue weighted by atomic mass is 79.9. The Morgan fingerprint density at radius 2 is 1.96 bits per heavy atom. The number of hydrogen-bond acceptors (Lipinski definition) is 7. The Bertz CT molecular complexity index is 874. The van der Waals surface area contributed by atoms with E-state index in [0.29, 0.717) is 5.56 Å². The van der Waals surface area contributed by atoms with Gasteiger partial charge in [-0.05, 0) is 30.3 Å². The molecule has 0 aliphatic carbocycles. The van der Waals surface area contributed by atoms with Gasteiger partial charge in [0.1, 0.15) is 0 Å². The van der Waals surface area contributed by atoms with Crippen molar-refractivity contribution in [1.82, 2.24) is 10.2 Å². The maximum absolute atomic E-state index is 12.0. The quantitative estimate of drug-likeness (QED) is 0.532. The Labute approximate surface area is 141 Å². The van der Waals surface area contributed by atoms with Crippen LogP contribution in [0.15, 0.2) is 45.3 Å². The summed E-state index contributed by atoms with van der Waals surface area (Å²) in [6, 6.07) is 9.76. The Hall–Kier alpha value is -2.59. The van der Waals surface area contributed by atoms with Gasteiger partial charge in [-0.3, -0.25) is 20.2 Å². The topological polar surface area (TPSA) is 111 Å². The fourth-order valence-electron chi connectivity index (χ4n) is 1.69. The van der Waals surface area contributed by atoms with Crippen LogP contribution in [0.4, 0.5) is 11.0 Å². The van der Waals surface area contributed by atoms with Crippen molar-refractivity contribution in [1.29, 1.82) is 0 Å².